The average Bonchev–Trinajstić information content (AvgIpc) is 2.32. The fourth-order valence-electron chi connectivity index (χ4n) is 1.33. The van der Waals surface area contributed by atoms with Crippen LogP contribution in [0.15, 0.2) is 30.3 Å². The quantitative estimate of drug-likeness (QED) is 0.820. The molecular weight excluding hydrogens is 214 g/mol. The molecule has 0 spiro atoms. The van der Waals surface area contributed by atoms with Gasteiger partial charge in [0.2, 0.25) is 5.91 Å². The van der Waals surface area contributed by atoms with Gasteiger partial charge >= 0.3 is 0 Å². The SMILES string of the molecule is CCCOc1cccc(C=CCNC(C)=O)c1. The number of amides is 1. The van der Waals surface area contributed by atoms with E-state index >= 15 is 0 Å². The summed E-state index contributed by atoms with van der Waals surface area (Å²) in [6, 6.07) is 7.90. The molecule has 0 aliphatic carbocycles. The second kappa shape index (κ2) is 7.49. The Bertz CT molecular complexity index is 386. The van der Waals surface area contributed by atoms with Crippen LogP contribution in [0.1, 0.15) is 25.8 Å². The Morgan fingerprint density at radius 1 is 1.47 bits per heavy atom. The molecule has 17 heavy (non-hydrogen) atoms. The molecule has 3 nitrogen and oxygen atoms in total. The van der Waals surface area contributed by atoms with Crippen molar-refractivity contribution in [3.8, 4) is 5.75 Å². The van der Waals surface area contributed by atoms with Crippen molar-refractivity contribution in [2.75, 3.05) is 13.2 Å². The maximum Gasteiger partial charge on any atom is 0.217 e. The van der Waals surface area contributed by atoms with Crippen molar-refractivity contribution in [1.82, 2.24) is 5.32 Å². The van der Waals surface area contributed by atoms with E-state index in [4.69, 9.17) is 4.74 Å². The minimum Gasteiger partial charge on any atom is -0.494 e. The highest BCUT2D eigenvalue weighted by Gasteiger charge is 1.93. The summed E-state index contributed by atoms with van der Waals surface area (Å²) in [5.74, 6) is 0.864. The number of rotatable bonds is 6. The maximum absolute atomic E-state index is 10.7. The third-order valence-corrected chi connectivity index (χ3v) is 2.11. The van der Waals surface area contributed by atoms with Gasteiger partial charge in [0.1, 0.15) is 5.75 Å². The topological polar surface area (TPSA) is 38.3 Å². The Morgan fingerprint density at radius 2 is 2.29 bits per heavy atom. The van der Waals surface area contributed by atoms with E-state index in [0.29, 0.717) is 6.54 Å². The molecule has 0 saturated heterocycles. The molecule has 0 aliphatic rings. The third kappa shape index (κ3) is 5.76. The largest absolute Gasteiger partial charge is 0.494 e. The van der Waals surface area contributed by atoms with Gasteiger partial charge in [-0.1, -0.05) is 31.2 Å². The molecule has 1 aromatic carbocycles. The first-order valence-corrected chi connectivity index (χ1v) is 5.86. The van der Waals surface area contributed by atoms with E-state index in [0.717, 1.165) is 24.3 Å². The monoisotopic (exact) mass is 233 g/mol. The number of hydrogen-bond acceptors (Lipinski definition) is 2. The molecule has 1 N–H and O–H groups in total. The van der Waals surface area contributed by atoms with E-state index in [1.54, 1.807) is 0 Å². The molecule has 1 amide bonds. The molecule has 0 aromatic heterocycles. The first kappa shape index (κ1) is 13.3. The zero-order chi connectivity index (χ0) is 12.5. The lowest BCUT2D eigenvalue weighted by Crippen LogP contribution is -2.19. The first-order valence-electron chi connectivity index (χ1n) is 5.86. The van der Waals surface area contributed by atoms with Crippen molar-refractivity contribution in [2.24, 2.45) is 0 Å². The van der Waals surface area contributed by atoms with Gasteiger partial charge in [-0.3, -0.25) is 4.79 Å². The number of ether oxygens (including phenoxy) is 1. The maximum atomic E-state index is 10.7. The van der Waals surface area contributed by atoms with Crippen LogP contribution >= 0.6 is 0 Å². The summed E-state index contributed by atoms with van der Waals surface area (Å²) in [5, 5.41) is 2.71. The van der Waals surface area contributed by atoms with Crippen LogP contribution in [-0.2, 0) is 4.79 Å². The van der Waals surface area contributed by atoms with Crippen LogP contribution in [-0.4, -0.2) is 19.1 Å². The van der Waals surface area contributed by atoms with Crippen molar-refractivity contribution in [3.63, 3.8) is 0 Å². The summed E-state index contributed by atoms with van der Waals surface area (Å²) >= 11 is 0. The van der Waals surface area contributed by atoms with Crippen LogP contribution in [0.4, 0.5) is 0 Å². The fourth-order valence-corrected chi connectivity index (χ4v) is 1.33. The van der Waals surface area contributed by atoms with Crippen molar-refractivity contribution in [2.45, 2.75) is 20.3 Å². The van der Waals surface area contributed by atoms with Crippen LogP contribution in [0.3, 0.4) is 0 Å². The molecule has 0 fully saturated rings. The Labute approximate surface area is 102 Å². The molecule has 0 saturated carbocycles. The Morgan fingerprint density at radius 3 is 3.00 bits per heavy atom. The van der Waals surface area contributed by atoms with Crippen LogP contribution in [0, 0.1) is 0 Å². The van der Waals surface area contributed by atoms with Crippen molar-refractivity contribution in [1.29, 1.82) is 0 Å². The van der Waals surface area contributed by atoms with Gasteiger partial charge in [0.25, 0.3) is 0 Å². The minimum absolute atomic E-state index is 0.0188. The van der Waals surface area contributed by atoms with Crippen LogP contribution in [0.5, 0.6) is 5.75 Å². The summed E-state index contributed by atoms with van der Waals surface area (Å²) in [6.07, 6.45) is 4.89. The van der Waals surface area contributed by atoms with Gasteiger partial charge in [0.05, 0.1) is 6.61 Å². The number of carbonyl (C=O) groups is 1. The number of hydrogen-bond donors (Lipinski definition) is 1. The van der Waals surface area contributed by atoms with E-state index in [2.05, 4.69) is 12.2 Å². The number of benzene rings is 1. The fraction of sp³-hybridized carbons (Fsp3) is 0.357. The predicted octanol–water partition coefficient (Wildman–Crippen LogP) is 2.62. The number of nitrogens with one attached hydrogen (secondary N) is 1. The predicted molar refractivity (Wildman–Crippen MR) is 69.9 cm³/mol. The van der Waals surface area contributed by atoms with Crippen LogP contribution < -0.4 is 10.1 Å². The van der Waals surface area contributed by atoms with Gasteiger partial charge in [0, 0.05) is 13.5 Å². The van der Waals surface area contributed by atoms with Crippen molar-refractivity contribution in [3.05, 3.63) is 35.9 Å². The molecule has 1 rings (SSSR count). The minimum atomic E-state index is -0.0188. The number of carbonyl (C=O) groups excluding carboxylic acids is 1. The zero-order valence-corrected chi connectivity index (χ0v) is 10.4. The summed E-state index contributed by atoms with van der Waals surface area (Å²) in [5.41, 5.74) is 1.07. The first-order chi connectivity index (χ1) is 8.22. The molecule has 0 heterocycles. The molecular formula is C14H19NO2. The second-order valence-electron chi connectivity index (χ2n) is 3.76. The normalized spacial score (nSPS) is 10.5. The lowest BCUT2D eigenvalue weighted by atomic mass is 10.2. The molecule has 0 radical (unpaired) electrons. The highest BCUT2D eigenvalue weighted by molar-refractivity contribution is 5.73. The van der Waals surface area contributed by atoms with Gasteiger partial charge in [0.15, 0.2) is 0 Å². The molecule has 0 bridgehead atoms. The van der Waals surface area contributed by atoms with E-state index in [1.807, 2.05) is 36.4 Å². The van der Waals surface area contributed by atoms with Gasteiger partial charge in [-0.15, -0.1) is 0 Å². The van der Waals surface area contributed by atoms with E-state index < -0.39 is 0 Å². The molecule has 0 unspecified atom stereocenters. The van der Waals surface area contributed by atoms with Crippen molar-refractivity contribution >= 4 is 12.0 Å². The summed E-state index contributed by atoms with van der Waals surface area (Å²) in [6.45, 7) is 4.87. The van der Waals surface area contributed by atoms with Crippen molar-refractivity contribution < 1.29 is 9.53 Å². The highest BCUT2D eigenvalue weighted by Crippen LogP contribution is 2.14. The van der Waals surface area contributed by atoms with Crippen LogP contribution in [0.25, 0.3) is 6.08 Å². The van der Waals surface area contributed by atoms with Gasteiger partial charge in [-0.25, -0.2) is 0 Å². The van der Waals surface area contributed by atoms with E-state index in [-0.39, 0.29) is 5.91 Å². The van der Waals surface area contributed by atoms with E-state index in [1.165, 1.54) is 6.92 Å². The van der Waals surface area contributed by atoms with Gasteiger partial charge in [-0.2, -0.15) is 0 Å². The third-order valence-electron chi connectivity index (χ3n) is 2.11. The van der Waals surface area contributed by atoms with Gasteiger partial charge < -0.3 is 10.1 Å². The molecule has 0 atom stereocenters. The summed E-state index contributed by atoms with van der Waals surface area (Å²) < 4.78 is 5.54. The smallest absolute Gasteiger partial charge is 0.217 e. The zero-order valence-electron chi connectivity index (χ0n) is 10.4. The Balaban J connectivity index is 2.50. The molecule has 92 valence electrons. The standard InChI is InChI=1S/C14H19NO2/c1-3-10-17-14-8-4-6-13(11-14)7-5-9-15-12(2)16/h4-8,11H,3,9-10H2,1-2H3,(H,15,16). The lowest BCUT2D eigenvalue weighted by Gasteiger charge is -2.04. The van der Waals surface area contributed by atoms with Gasteiger partial charge in [-0.05, 0) is 24.1 Å². The molecule has 3 heteroatoms. The second-order valence-corrected chi connectivity index (χ2v) is 3.76. The lowest BCUT2D eigenvalue weighted by molar-refractivity contribution is -0.118. The Kier molecular flexibility index (Phi) is 5.86. The summed E-state index contributed by atoms with van der Waals surface area (Å²) in [4.78, 5) is 10.7. The average molecular weight is 233 g/mol. The van der Waals surface area contributed by atoms with E-state index in [9.17, 15) is 4.79 Å². The molecule has 1 aromatic rings. The van der Waals surface area contributed by atoms with Crippen LogP contribution in [0.2, 0.25) is 0 Å². The molecule has 0 aliphatic heterocycles. The summed E-state index contributed by atoms with van der Waals surface area (Å²) in [7, 11) is 0. The highest BCUT2D eigenvalue weighted by atomic mass is 16.5. The Hall–Kier alpha value is -1.77.